The Morgan fingerprint density at radius 3 is 2.03 bits per heavy atom. The van der Waals surface area contributed by atoms with Crippen LogP contribution in [0.25, 0.3) is 9.75 Å². The lowest BCUT2D eigenvalue weighted by Crippen LogP contribution is -1.96. The predicted octanol–water partition coefficient (Wildman–Crippen LogP) is 8.82. The Hall–Kier alpha value is -1.13. The summed E-state index contributed by atoms with van der Waals surface area (Å²) in [5.41, 5.74) is 1.16. The summed E-state index contributed by atoms with van der Waals surface area (Å²) in [6.45, 7) is 4.35. The number of hydrogen-bond donors (Lipinski definition) is 0. The van der Waals surface area contributed by atoms with Gasteiger partial charge in [0.1, 0.15) is 4.88 Å². The predicted molar refractivity (Wildman–Crippen MR) is 128 cm³/mol. The van der Waals surface area contributed by atoms with Crippen molar-refractivity contribution < 1.29 is 9.53 Å². The molecular formula is C25H38O2S2. The van der Waals surface area contributed by atoms with Gasteiger partial charge < -0.3 is 4.74 Å². The van der Waals surface area contributed by atoms with Crippen molar-refractivity contribution in [3.05, 3.63) is 33.5 Å². The van der Waals surface area contributed by atoms with Gasteiger partial charge >= 0.3 is 5.97 Å². The highest BCUT2D eigenvalue weighted by molar-refractivity contribution is 7.23. The minimum absolute atomic E-state index is 0.238. The van der Waals surface area contributed by atoms with E-state index in [1.165, 1.54) is 105 Å². The van der Waals surface area contributed by atoms with Crippen LogP contribution in [0.15, 0.2) is 18.2 Å². The van der Waals surface area contributed by atoms with E-state index in [2.05, 4.69) is 26.0 Å². The summed E-state index contributed by atoms with van der Waals surface area (Å²) < 4.78 is 4.85. The highest BCUT2D eigenvalue weighted by atomic mass is 32.1. The van der Waals surface area contributed by atoms with Gasteiger partial charge in [-0.3, -0.25) is 0 Å². The molecule has 0 amide bonds. The number of thiophene rings is 2. The lowest BCUT2D eigenvalue weighted by molar-refractivity contribution is 0.0606. The minimum Gasteiger partial charge on any atom is -0.465 e. The summed E-state index contributed by atoms with van der Waals surface area (Å²) >= 11 is 3.42. The first kappa shape index (κ1) is 24.1. The van der Waals surface area contributed by atoms with Gasteiger partial charge in [0.05, 0.1) is 7.11 Å². The fourth-order valence-electron chi connectivity index (χ4n) is 3.70. The van der Waals surface area contributed by atoms with Crippen LogP contribution in [0.1, 0.15) is 104 Å². The van der Waals surface area contributed by atoms with Crippen LogP contribution in [0.5, 0.6) is 0 Å². The van der Waals surface area contributed by atoms with Crippen molar-refractivity contribution in [1.82, 2.24) is 0 Å². The molecule has 162 valence electrons. The normalized spacial score (nSPS) is 11.1. The molecule has 0 aliphatic rings. The Bertz CT molecular complexity index is 714. The third-order valence-electron chi connectivity index (χ3n) is 5.47. The van der Waals surface area contributed by atoms with E-state index >= 15 is 0 Å². The van der Waals surface area contributed by atoms with Gasteiger partial charge in [-0.1, -0.05) is 77.6 Å². The average Bonchev–Trinajstić information content (AvgIpc) is 3.34. The van der Waals surface area contributed by atoms with Crippen molar-refractivity contribution >= 4 is 28.6 Å². The Kier molecular flexibility index (Phi) is 11.6. The molecule has 0 radical (unpaired) electrons. The van der Waals surface area contributed by atoms with Crippen molar-refractivity contribution in [3.8, 4) is 9.75 Å². The Balaban J connectivity index is 1.59. The van der Waals surface area contributed by atoms with Crippen LogP contribution in [0.2, 0.25) is 0 Å². The van der Waals surface area contributed by atoms with E-state index < -0.39 is 0 Å². The molecule has 2 nitrogen and oxygen atoms in total. The molecule has 29 heavy (non-hydrogen) atoms. The van der Waals surface area contributed by atoms with Crippen molar-refractivity contribution in [2.45, 2.75) is 97.3 Å². The smallest absolute Gasteiger partial charge is 0.348 e. The standard InChI is InChI=1S/C25H38O2S2/c1-4-5-6-7-8-9-10-11-12-13-14-15-16-21-17-18-22(28-21)24-20(2)19-23(29-24)25(26)27-3/h17-19H,4-16H2,1-3H3. The van der Waals surface area contributed by atoms with Crippen LogP contribution in [0, 0.1) is 6.92 Å². The molecule has 0 bridgehead atoms. The van der Waals surface area contributed by atoms with Crippen molar-refractivity contribution in [2.75, 3.05) is 7.11 Å². The summed E-state index contributed by atoms with van der Waals surface area (Å²) in [7, 11) is 1.44. The summed E-state index contributed by atoms with van der Waals surface area (Å²) in [5.74, 6) is -0.238. The van der Waals surface area contributed by atoms with E-state index in [0.29, 0.717) is 4.88 Å². The highest BCUT2D eigenvalue weighted by Gasteiger charge is 2.15. The van der Waals surface area contributed by atoms with Crippen LogP contribution in [-0.4, -0.2) is 13.1 Å². The van der Waals surface area contributed by atoms with E-state index in [1.807, 2.05) is 17.4 Å². The second-order valence-corrected chi connectivity index (χ2v) is 10.2. The van der Waals surface area contributed by atoms with Crippen LogP contribution < -0.4 is 0 Å². The number of rotatable bonds is 15. The Morgan fingerprint density at radius 1 is 0.862 bits per heavy atom. The largest absolute Gasteiger partial charge is 0.465 e. The molecule has 2 heterocycles. The molecule has 0 unspecified atom stereocenters. The topological polar surface area (TPSA) is 26.3 Å². The minimum atomic E-state index is -0.238. The van der Waals surface area contributed by atoms with Crippen molar-refractivity contribution in [1.29, 1.82) is 0 Å². The van der Waals surface area contributed by atoms with Gasteiger partial charge in [0.25, 0.3) is 0 Å². The van der Waals surface area contributed by atoms with E-state index in [1.54, 1.807) is 11.3 Å². The monoisotopic (exact) mass is 434 g/mol. The maximum Gasteiger partial charge on any atom is 0.348 e. The van der Waals surface area contributed by atoms with Gasteiger partial charge in [0.15, 0.2) is 0 Å². The molecule has 0 saturated carbocycles. The first-order valence-corrected chi connectivity index (χ1v) is 13.1. The number of carbonyl (C=O) groups excluding carboxylic acids is 1. The number of esters is 1. The molecule has 0 aliphatic heterocycles. The van der Waals surface area contributed by atoms with Gasteiger partial charge in [-0.15, -0.1) is 22.7 Å². The molecule has 0 atom stereocenters. The van der Waals surface area contributed by atoms with Gasteiger partial charge in [-0.25, -0.2) is 4.79 Å². The second kappa shape index (κ2) is 14.0. The van der Waals surface area contributed by atoms with Crippen molar-refractivity contribution in [2.24, 2.45) is 0 Å². The lowest BCUT2D eigenvalue weighted by Gasteiger charge is -2.02. The van der Waals surface area contributed by atoms with E-state index in [4.69, 9.17) is 4.74 Å². The molecule has 4 heteroatoms. The molecule has 0 saturated heterocycles. The maximum absolute atomic E-state index is 11.7. The number of aryl methyl sites for hydroxylation is 2. The summed E-state index contributed by atoms with van der Waals surface area (Å²) in [6.07, 6.45) is 17.9. The molecule has 0 spiro atoms. The highest BCUT2D eigenvalue weighted by Crippen LogP contribution is 2.37. The van der Waals surface area contributed by atoms with Crippen LogP contribution >= 0.6 is 22.7 Å². The lowest BCUT2D eigenvalue weighted by atomic mass is 10.0. The molecule has 0 N–H and O–H groups in total. The fraction of sp³-hybridized carbons (Fsp3) is 0.640. The summed E-state index contributed by atoms with van der Waals surface area (Å²) in [4.78, 5) is 16.4. The summed E-state index contributed by atoms with van der Waals surface area (Å²) in [6, 6.07) is 6.41. The first-order chi connectivity index (χ1) is 14.2. The number of hydrogen-bond acceptors (Lipinski definition) is 4. The maximum atomic E-state index is 11.7. The first-order valence-electron chi connectivity index (χ1n) is 11.4. The van der Waals surface area contributed by atoms with Gasteiger partial charge in [-0.2, -0.15) is 0 Å². The molecule has 2 aromatic heterocycles. The third-order valence-corrected chi connectivity index (χ3v) is 8.01. The molecule has 2 aromatic rings. The molecule has 0 aliphatic carbocycles. The van der Waals surface area contributed by atoms with Crippen LogP contribution in [-0.2, 0) is 11.2 Å². The number of carbonyl (C=O) groups is 1. The zero-order chi connectivity index (χ0) is 20.9. The summed E-state index contributed by atoms with van der Waals surface area (Å²) in [5, 5.41) is 0. The van der Waals surface area contributed by atoms with E-state index in [-0.39, 0.29) is 5.97 Å². The van der Waals surface area contributed by atoms with Crippen LogP contribution in [0.4, 0.5) is 0 Å². The zero-order valence-electron chi connectivity index (χ0n) is 18.6. The van der Waals surface area contributed by atoms with E-state index in [0.717, 1.165) is 5.56 Å². The second-order valence-electron chi connectivity index (χ2n) is 8.02. The third kappa shape index (κ3) is 8.64. The molecular weight excluding hydrogens is 396 g/mol. The number of methoxy groups -OCH3 is 1. The Labute approximate surface area is 185 Å². The SMILES string of the molecule is CCCCCCCCCCCCCCc1ccc(-c2sc(C(=O)OC)cc2C)s1. The van der Waals surface area contributed by atoms with Gasteiger partial charge in [0, 0.05) is 14.6 Å². The van der Waals surface area contributed by atoms with Crippen LogP contribution in [0.3, 0.4) is 0 Å². The number of ether oxygens (including phenoxy) is 1. The fourth-order valence-corrected chi connectivity index (χ4v) is 6.02. The van der Waals surface area contributed by atoms with Gasteiger partial charge in [-0.05, 0) is 43.5 Å². The number of unbranched alkanes of at least 4 members (excludes halogenated alkanes) is 11. The zero-order valence-corrected chi connectivity index (χ0v) is 20.2. The quantitative estimate of drug-likeness (QED) is 0.207. The van der Waals surface area contributed by atoms with Crippen molar-refractivity contribution in [3.63, 3.8) is 0 Å². The Morgan fingerprint density at radius 2 is 1.45 bits per heavy atom. The average molecular weight is 435 g/mol. The molecule has 2 rings (SSSR count). The van der Waals surface area contributed by atoms with Gasteiger partial charge in [0.2, 0.25) is 0 Å². The molecule has 0 aromatic carbocycles. The van der Waals surface area contributed by atoms with E-state index in [9.17, 15) is 4.79 Å². The molecule has 0 fully saturated rings.